The highest BCUT2D eigenvalue weighted by atomic mass is 35.5. The lowest BCUT2D eigenvalue weighted by Gasteiger charge is -2.16. The van der Waals surface area contributed by atoms with Crippen LogP contribution in [-0.4, -0.2) is 4.92 Å². The van der Waals surface area contributed by atoms with Crippen LogP contribution in [0.2, 0.25) is 5.02 Å². The van der Waals surface area contributed by atoms with Gasteiger partial charge in [-0.15, -0.1) is 0 Å². The average Bonchev–Trinajstić information content (AvgIpc) is 2.43. The van der Waals surface area contributed by atoms with Gasteiger partial charge in [0, 0.05) is 18.2 Å². The number of anilines is 1. The Balaban J connectivity index is 2.21. The summed E-state index contributed by atoms with van der Waals surface area (Å²) in [5, 5.41) is 13.8. The van der Waals surface area contributed by atoms with E-state index in [9.17, 15) is 18.9 Å². The van der Waals surface area contributed by atoms with Crippen LogP contribution in [0.5, 0.6) is 0 Å². The van der Waals surface area contributed by atoms with Crippen molar-refractivity contribution in [2.75, 3.05) is 5.32 Å². The molecule has 4 nitrogen and oxygen atoms in total. The van der Waals surface area contributed by atoms with Crippen LogP contribution in [0.25, 0.3) is 0 Å². The minimum Gasteiger partial charge on any atom is -0.377 e. The van der Waals surface area contributed by atoms with Crippen LogP contribution in [0.15, 0.2) is 36.4 Å². The quantitative estimate of drug-likeness (QED) is 0.657. The summed E-state index contributed by atoms with van der Waals surface area (Å²) >= 11 is 5.96. The van der Waals surface area contributed by atoms with Gasteiger partial charge < -0.3 is 5.32 Å². The van der Waals surface area contributed by atoms with E-state index in [1.165, 1.54) is 24.3 Å². The van der Waals surface area contributed by atoms with E-state index in [0.29, 0.717) is 11.3 Å². The summed E-state index contributed by atoms with van der Waals surface area (Å²) in [6.45, 7) is 1.74. The molecule has 1 N–H and O–H groups in total. The molecule has 0 radical (unpaired) electrons. The first-order chi connectivity index (χ1) is 9.88. The number of halogens is 3. The molecular formula is C14H11ClF2N2O2. The first-order valence-electron chi connectivity index (χ1n) is 6.04. The van der Waals surface area contributed by atoms with Crippen molar-refractivity contribution >= 4 is 23.0 Å². The Morgan fingerprint density at radius 1 is 1.19 bits per heavy atom. The summed E-state index contributed by atoms with van der Waals surface area (Å²) < 4.78 is 26.1. The molecule has 0 saturated heterocycles. The summed E-state index contributed by atoms with van der Waals surface area (Å²) in [6, 6.07) is 7.24. The molecule has 0 bridgehead atoms. The van der Waals surface area contributed by atoms with Gasteiger partial charge in [0.2, 0.25) is 0 Å². The first kappa shape index (κ1) is 15.2. The van der Waals surface area contributed by atoms with E-state index in [-0.39, 0.29) is 16.8 Å². The number of non-ortho nitro benzene ring substituents is 1. The molecule has 0 amide bonds. The maximum absolute atomic E-state index is 13.2. The van der Waals surface area contributed by atoms with Gasteiger partial charge in [0.25, 0.3) is 5.69 Å². The third kappa shape index (κ3) is 3.46. The summed E-state index contributed by atoms with van der Waals surface area (Å²) in [5.74, 6) is -1.85. The molecule has 0 aliphatic rings. The van der Waals surface area contributed by atoms with E-state index in [0.717, 1.165) is 12.1 Å². The number of nitrogens with one attached hydrogen (secondary N) is 1. The van der Waals surface area contributed by atoms with E-state index in [4.69, 9.17) is 11.6 Å². The van der Waals surface area contributed by atoms with E-state index < -0.39 is 16.6 Å². The smallest absolute Gasteiger partial charge is 0.271 e. The molecule has 7 heteroatoms. The normalized spacial score (nSPS) is 12.0. The zero-order chi connectivity index (χ0) is 15.6. The monoisotopic (exact) mass is 312 g/mol. The maximum Gasteiger partial charge on any atom is 0.271 e. The molecule has 0 spiro atoms. The number of hydrogen-bond donors (Lipinski definition) is 1. The largest absolute Gasteiger partial charge is 0.377 e. The highest BCUT2D eigenvalue weighted by Gasteiger charge is 2.13. The highest BCUT2D eigenvalue weighted by molar-refractivity contribution is 6.33. The summed E-state index contributed by atoms with van der Waals surface area (Å²) in [4.78, 5) is 10.1. The van der Waals surface area contributed by atoms with E-state index in [1.54, 1.807) is 6.92 Å². The zero-order valence-electron chi connectivity index (χ0n) is 10.9. The third-order valence-electron chi connectivity index (χ3n) is 2.98. The Bertz CT molecular complexity index is 695. The molecule has 2 aromatic carbocycles. The van der Waals surface area contributed by atoms with Crippen LogP contribution < -0.4 is 5.32 Å². The zero-order valence-corrected chi connectivity index (χ0v) is 11.7. The summed E-state index contributed by atoms with van der Waals surface area (Å²) in [7, 11) is 0. The Morgan fingerprint density at radius 2 is 1.90 bits per heavy atom. The average molecular weight is 313 g/mol. The lowest BCUT2D eigenvalue weighted by Crippen LogP contribution is -2.08. The standard InChI is InChI=1S/C14H11ClF2N2O2/c1-8(9-2-4-12(16)13(17)6-9)18-14-5-3-10(19(20)21)7-11(14)15/h2-8,18H,1H3/t8-/m0/s1. The molecule has 0 aliphatic carbocycles. The fourth-order valence-electron chi connectivity index (χ4n) is 1.83. The van der Waals surface area contributed by atoms with Gasteiger partial charge in [-0.3, -0.25) is 10.1 Å². The van der Waals surface area contributed by atoms with Crippen molar-refractivity contribution in [2.45, 2.75) is 13.0 Å². The number of nitro benzene ring substituents is 1. The topological polar surface area (TPSA) is 55.2 Å². The number of hydrogen-bond acceptors (Lipinski definition) is 3. The van der Waals surface area contributed by atoms with Crippen LogP contribution in [-0.2, 0) is 0 Å². The fraction of sp³-hybridized carbons (Fsp3) is 0.143. The van der Waals surface area contributed by atoms with Crippen molar-refractivity contribution in [3.63, 3.8) is 0 Å². The second kappa shape index (κ2) is 6.05. The molecule has 1 atom stereocenters. The molecular weight excluding hydrogens is 302 g/mol. The molecule has 110 valence electrons. The molecule has 0 unspecified atom stereocenters. The van der Waals surface area contributed by atoms with Crippen molar-refractivity contribution < 1.29 is 13.7 Å². The highest BCUT2D eigenvalue weighted by Crippen LogP contribution is 2.30. The van der Waals surface area contributed by atoms with Gasteiger partial charge in [-0.25, -0.2) is 8.78 Å². The molecule has 0 heterocycles. The van der Waals surface area contributed by atoms with Crippen LogP contribution in [0.3, 0.4) is 0 Å². The van der Waals surface area contributed by atoms with Gasteiger partial charge >= 0.3 is 0 Å². The van der Waals surface area contributed by atoms with E-state index in [2.05, 4.69) is 5.32 Å². The molecule has 21 heavy (non-hydrogen) atoms. The van der Waals surface area contributed by atoms with Crippen molar-refractivity contribution in [1.82, 2.24) is 0 Å². The SMILES string of the molecule is C[C@H](Nc1ccc([N+](=O)[O-])cc1Cl)c1ccc(F)c(F)c1. The van der Waals surface area contributed by atoms with Crippen molar-refractivity contribution in [3.05, 3.63) is 68.7 Å². The van der Waals surface area contributed by atoms with Crippen molar-refractivity contribution in [1.29, 1.82) is 0 Å². The van der Waals surface area contributed by atoms with Gasteiger partial charge in [-0.05, 0) is 30.7 Å². The van der Waals surface area contributed by atoms with Gasteiger partial charge in [0.15, 0.2) is 11.6 Å². The van der Waals surface area contributed by atoms with Crippen molar-refractivity contribution in [2.24, 2.45) is 0 Å². The maximum atomic E-state index is 13.2. The Morgan fingerprint density at radius 3 is 2.48 bits per heavy atom. The van der Waals surface area contributed by atoms with Gasteiger partial charge in [0.1, 0.15) is 0 Å². The Hall–Kier alpha value is -2.21. The number of nitrogens with zero attached hydrogens (tertiary/aromatic N) is 1. The Kier molecular flexibility index (Phi) is 4.37. The molecule has 2 rings (SSSR count). The predicted octanol–water partition coefficient (Wildman–Crippen LogP) is 4.70. The third-order valence-corrected chi connectivity index (χ3v) is 3.29. The minimum absolute atomic E-state index is 0.119. The van der Waals surface area contributed by atoms with Crippen molar-refractivity contribution in [3.8, 4) is 0 Å². The van der Waals surface area contributed by atoms with E-state index in [1.807, 2.05) is 0 Å². The summed E-state index contributed by atoms with van der Waals surface area (Å²) in [6.07, 6.45) is 0. The lowest BCUT2D eigenvalue weighted by atomic mass is 10.1. The first-order valence-corrected chi connectivity index (χ1v) is 6.41. The van der Waals surface area contributed by atoms with Crippen LogP contribution >= 0.6 is 11.6 Å². The fourth-order valence-corrected chi connectivity index (χ4v) is 2.06. The Labute approximate surface area is 124 Å². The van der Waals surface area contributed by atoms with Gasteiger partial charge in [-0.2, -0.15) is 0 Å². The van der Waals surface area contributed by atoms with E-state index >= 15 is 0 Å². The van der Waals surface area contributed by atoms with Gasteiger partial charge in [0.05, 0.1) is 15.6 Å². The predicted molar refractivity (Wildman–Crippen MR) is 76.5 cm³/mol. The van der Waals surface area contributed by atoms with Gasteiger partial charge in [-0.1, -0.05) is 17.7 Å². The van der Waals surface area contributed by atoms with Crippen LogP contribution in [0, 0.1) is 21.7 Å². The molecule has 0 aliphatic heterocycles. The summed E-state index contributed by atoms with van der Waals surface area (Å²) in [5.41, 5.74) is 0.883. The number of nitro groups is 1. The van der Waals surface area contributed by atoms with Crippen LogP contribution in [0.1, 0.15) is 18.5 Å². The minimum atomic E-state index is -0.934. The second-order valence-electron chi connectivity index (χ2n) is 4.46. The van der Waals surface area contributed by atoms with Crippen LogP contribution in [0.4, 0.5) is 20.2 Å². The molecule has 0 aromatic heterocycles. The molecule has 0 saturated carbocycles. The number of rotatable bonds is 4. The molecule has 2 aromatic rings. The molecule has 0 fully saturated rings. The lowest BCUT2D eigenvalue weighted by molar-refractivity contribution is -0.384. The second-order valence-corrected chi connectivity index (χ2v) is 4.87. The number of benzene rings is 2.